The van der Waals surface area contributed by atoms with Crippen molar-refractivity contribution >= 4 is 45.6 Å². The van der Waals surface area contributed by atoms with Gasteiger partial charge in [0.15, 0.2) is 11.6 Å². The number of H-pyrrole nitrogens is 2. The van der Waals surface area contributed by atoms with Crippen LogP contribution < -0.4 is 9.26 Å². The molecule has 0 amide bonds. The average Bonchev–Trinajstić information content (AvgIpc) is 3.32. The third kappa shape index (κ3) is 3.06. The van der Waals surface area contributed by atoms with Crippen molar-refractivity contribution in [1.82, 2.24) is 19.9 Å². The molecular formula is C17H18F2IN7. The number of aromatic amines is 2. The summed E-state index contributed by atoms with van der Waals surface area (Å²) in [5.41, 5.74) is 6.95. The van der Waals surface area contributed by atoms with Gasteiger partial charge in [-0.15, -0.1) is 0 Å². The number of anilines is 1. The molecule has 0 saturated carbocycles. The van der Waals surface area contributed by atoms with Gasteiger partial charge in [-0.3, -0.25) is 5.41 Å². The first-order valence-corrected chi connectivity index (χ1v) is 9.52. The standard InChI is InChI=1S/C17H18F2IN7/c18-10-1-2-11-13(12(10)19)25-16(24-11)17(22)4-7-27(8-5-17)14(21)9-3-6-23-15(9)26-20/h1-3,6,21,23,26H,4-5,7-8,22H2,(H,24,25). The summed E-state index contributed by atoms with van der Waals surface area (Å²) in [5, 5.41) is 8.47. The molecule has 0 bridgehead atoms. The van der Waals surface area contributed by atoms with Gasteiger partial charge in [0.2, 0.25) is 0 Å². The number of halogens is 3. The number of benzene rings is 1. The number of nitrogens with two attached hydrogens (primary N) is 1. The van der Waals surface area contributed by atoms with E-state index in [1.807, 2.05) is 33.8 Å². The summed E-state index contributed by atoms with van der Waals surface area (Å²) in [7, 11) is 0. The van der Waals surface area contributed by atoms with Crippen LogP contribution in [0.15, 0.2) is 24.4 Å². The number of aromatic nitrogens is 3. The number of amidine groups is 1. The molecule has 142 valence electrons. The van der Waals surface area contributed by atoms with Crippen molar-refractivity contribution in [3.8, 4) is 0 Å². The Bertz CT molecular complexity index is 1000. The van der Waals surface area contributed by atoms with Gasteiger partial charge in [-0.2, -0.15) is 0 Å². The van der Waals surface area contributed by atoms with Gasteiger partial charge in [0.25, 0.3) is 0 Å². The topological polar surface area (TPSA) is 110 Å². The van der Waals surface area contributed by atoms with Crippen molar-refractivity contribution in [2.24, 2.45) is 5.73 Å². The van der Waals surface area contributed by atoms with Crippen LogP contribution in [0.5, 0.6) is 0 Å². The van der Waals surface area contributed by atoms with Crippen LogP contribution in [0.2, 0.25) is 0 Å². The molecule has 7 nitrogen and oxygen atoms in total. The maximum atomic E-state index is 14.0. The van der Waals surface area contributed by atoms with Gasteiger partial charge in [-0.05, 0) is 31.0 Å². The molecular weight excluding hydrogens is 467 g/mol. The minimum Gasteiger partial charge on any atom is -0.356 e. The summed E-state index contributed by atoms with van der Waals surface area (Å²) in [6.45, 7) is 1.13. The van der Waals surface area contributed by atoms with Crippen molar-refractivity contribution in [3.63, 3.8) is 0 Å². The van der Waals surface area contributed by atoms with Crippen LogP contribution in [0.1, 0.15) is 24.2 Å². The second kappa shape index (κ2) is 6.75. The molecule has 0 aliphatic carbocycles. The molecule has 1 fully saturated rings. The third-order valence-corrected chi connectivity index (χ3v) is 5.63. The van der Waals surface area contributed by atoms with E-state index in [-0.39, 0.29) is 5.52 Å². The zero-order valence-corrected chi connectivity index (χ0v) is 16.4. The van der Waals surface area contributed by atoms with Gasteiger partial charge in [0.05, 0.1) is 39.5 Å². The van der Waals surface area contributed by atoms with E-state index >= 15 is 0 Å². The van der Waals surface area contributed by atoms with Gasteiger partial charge >= 0.3 is 0 Å². The predicted octanol–water partition coefficient (Wildman–Crippen LogP) is 3.21. The summed E-state index contributed by atoms with van der Waals surface area (Å²) >= 11 is 2.02. The van der Waals surface area contributed by atoms with Crippen molar-refractivity contribution in [2.75, 3.05) is 16.6 Å². The summed E-state index contributed by atoms with van der Waals surface area (Å²) in [5.74, 6) is -0.259. The highest BCUT2D eigenvalue weighted by molar-refractivity contribution is 14.1. The molecule has 1 aromatic carbocycles. The summed E-state index contributed by atoms with van der Waals surface area (Å²) in [4.78, 5) is 12.3. The van der Waals surface area contributed by atoms with Crippen LogP contribution >= 0.6 is 22.9 Å². The van der Waals surface area contributed by atoms with Crippen molar-refractivity contribution in [3.05, 3.63) is 47.4 Å². The molecule has 0 spiro atoms. The zero-order valence-electron chi connectivity index (χ0n) is 14.2. The van der Waals surface area contributed by atoms with E-state index in [1.54, 1.807) is 6.20 Å². The Hall–Kier alpha value is -2.21. The molecule has 3 heterocycles. The zero-order chi connectivity index (χ0) is 19.2. The number of piperidine rings is 1. The molecule has 10 heteroatoms. The average molecular weight is 485 g/mol. The quantitative estimate of drug-likeness (QED) is 0.170. The van der Waals surface area contributed by atoms with Crippen molar-refractivity contribution in [2.45, 2.75) is 18.4 Å². The first kappa shape index (κ1) is 18.2. The SMILES string of the molecule is N=C(c1cc[nH]c1NI)N1CCC(N)(c2nc3c(F)c(F)ccc3[nH]2)CC1. The van der Waals surface area contributed by atoms with E-state index in [9.17, 15) is 8.78 Å². The first-order valence-electron chi connectivity index (χ1n) is 8.44. The molecule has 1 aliphatic heterocycles. The second-order valence-electron chi connectivity index (χ2n) is 6.70. The lowest BCUT2D eigenvalue weighted by Crippen LogP contribution is -2.50. The summed E-state index contributed by atoms with van der Waals surface area (Å²) in [6, 6.07) is 4.38. The fourth-order valence-corrected chi connectivity index (χ4v) is 3.88. The van der Waals surface area contributed by atoms with Crippen LogP contribution in [0.3, 0.4) is 0 Å². The number of hydrogen-bond acceptors (Lipinski definition) is 4. The van der Waals surface area contributed by atoms with Gasteiger partial charge < -0.3 is 24.1 Å². The van der Waals surface area contributed by atoms with Gasteiger partial charge in [0.1, 0.15) is 23.0 Å². The summed E-state index contributed by atoms with van der Waals surface area (Å²) < 4.78 is 30.4. The smallest absolute Gasteiger partial charge is 0.186 e. The number of nitrogens with one attached hydrogen (secondary N) is 4. The lowest BCUT2D eigenvalue weighted by Gasteiger charge is -2.39. The molecule has 3 aromatic rings. The van der Waals surface area contributed by atoms with Gasteiger partial charge in [0, 0.05) is 19.3 Å². The van der Waals surface area contributed by atoms with E-state index in [1.165, 1.54) is 6.07 Å². The maximum Gasteiger partial charge on any atom is 0.186 e. The number of imidazole rings is 1. The minimum atomic E-state index is -0.968. The molecule has 0 radical (unpaired) electrons. The summed E-state index contributed by atoms with van der Waals surface area (Å²) in [6.07, 6.45) is 2.86. The van der Waals surface area contributed by atoms with Crippen LogP contribution in [0.25, 0.3) is 11.0 Å². The largest absolute Gasteiger partial charge is 0.356 e. The molecule has 2 aromatic heterocycles. The highest BCUT2D eigenvalue weighted by Crippen LogP contribution is 2.32. The molecule has 1 aliphatic rings. The Morgan fingerprint density at radius 1 is 1.30 bits per heavy atom. The highest BCUT2D eigenvalue weighted by atomic mass is 127. The Kier molecular flexibility index (Phi) is 4.54. The fourth-order valence-electron chi connectivity index (χ4n) is 3.43. The number of hydrogen-bond donors (Lipinski definition) is 5. The minimum absolute atomic E-state index is 0.0323. The Morgan fingerprint density at radius 2 is 2.04 bits per heavy atom. The molecule has 27 heavy (non-hydrogen) atoms. The van der Waals surface area contributed by atoms with Gasteiger partial charge in [-0.1, -0.05) is 0 Å². The highest BCUT2D eigenvalue weighted by Gasteiger charge is 2.36. The molecule has 0 unspecified atom stereocenters. The van der Waals surface area contributed by atoms with E-state index in [2.05, 4.69) is 18.5 Å². The number of nitrogens with zero attached hydrogens (tertiary/aromatic N) is 2. The predicted molar refractivity (Wildman–Crippen MR) is 108 cm³/mol. The Labute approximate surface area is 167 Å². The molecule has 6 N–H and O–H groups in total. The normalized spacial score (nSPS) is 16.7. The number of fused-ring (bicyclic) bond motifs is 1. The first-order chi connectivity index (χ1) is 12.9. The maximum absolute atomic E-state index is 14.0. The molecule has 4 rings (SSSR count). The van der Waals surface area contributed by atoms with Crippen LogP contribution in [0.4, 0.5) is 14.6 Å². The Balaban J connectivity index is 1.54. The van der Waals surface area contributed by atoms with Crippen LogP contribution in [-0.2, 0) is 5.54 Å². The fraction of sp³-hybridized carbons (Fsp3) is 0.294. The van der Waals surface area contributed by atoms with Crippen molar-refractivity contribution < 1.29 is 8.78 Å². The van der Waals surface area contributed by atoms with E-state index < -0.39 is 17.2 Å². The monoisotopic (exact) mass is 485 g/mol. The van der Waals surface area contributed by atoms with Crippen molar-refractivity contribution in [1.29, 1.82) is 5.41 Å². The van der Waals surface area contributed by atoms with E-state index in [0.717, 1.165) is 17.4 Å². The van der Waals surface area contributed by atoms with Crippen LogP contribution in [0, 0.1) is 17.0 Å². The van der Waals surface area contributed by atoms with E-state index in [0.29, 0.717) is 43.1 Å². The lowest BCUT2D eigenvalue weighted by molar-refractivity contribution is 0.222. The van der Waals surface area contributed by atoms with Gasteiger partial charge in [-0.25, -0.2) is 13.8 Å². The second-order valence-corrected chi connectivity index (χ2v) is 7.23. The third-order valence-electron chi connectivity index (χ3n) is 5.09. The number of rotatable bonds is 3. The Morgan fingerprint density at radius 3 is 2.74 bits per heavy atom. The van der Waals surface area contributed by atoms with E-state index in [4.69, 9.17) is 11.1 Å². The van der Waals surface area contributed by atoms with Crippen LogP contribution in [-0.4, -0.2) is 38.8 Å². The molecule has 0 atom stereocenters. The number of likely N-dealkylation sites (tertiary alicyclic amines) is 1. The molecule has 1 saturated heterocycles. The lowest BCUT2D eigenvalue weighted by atomic mass is 9.87.